The van der Waals surface area contributed by atoms with Gasteiger partial charge in [0, 0.05) is 23.5 Å². The zero-order chi connectivity index (χ0) is 10.7. The lowest BCUT2D eigenvalue weighted by Gasteiger charge is -2.03. The zero-order valence-corrected chi connectivity index (χ0v) is 10.2. The van der Waals surface area contributed by atoms with Gasteiger partial charge in [-0.05, 0) is 5.92 Å². The summed E-state index contributed by atoms with van der Waals surface area (Å²) in [5, 5.41) is 6.07. The molecule has 0 atom stereocenters. The molecule has 0 radical (unpaired) electrons. The fourth-order valence-corrected chi connectivity index (χ4v) is 2.13. The normalized spacial score (nSPS) is 10.9. The molecule has 0 amide bonds. The second-order valence-corrected chi connectivity index (χ2v) is 5.04. The molecule has 0 aliphatic heterocycles. The van der Waals surface area contributed by atoms with Crippen molar-refractivity contribution in [3.05, 3.63) is 10.9 Å². The fraction of sp³-hybridized carbons (Fsp3) is 0.444. The molecule has 2 aromatic rings. The van der Waals surface area contributed by atoms with Gasteiger partial charge in [-0.15, -0.1) is 11.3 Å². The predicted molar refractivity (Wildman–Crippen MR) is 64.3 cm³/mol. The first kappa shape index (κ1) is 10.5. The lowest BCUT2D eigenvalue weighted by atomic mass is 10.2. The molecule has 2 heterocycles. The summed E-state index contributed by atoms with van der Waals surface area (Å²) in [5.41, 5.74) is 2.64. The second-order valence-electron chi connectivity index (χ2n) is 3.57. The van der Waals surface area contributed by atoms with Gasteiger partial charge in [-0.3, -0.25) is 0 Å². The predicted octanol–water partition coefficient (Wildman–Crippen LogP) is 2.73. The van der Waals surface area contributed by atoms with Crippen LogP contribution in [0.2, 0.25) is 0 Å². The minimum atomic E-state index is 0.608. The maximum Gasteiger partial charge on any atom is 0.202 e. The molecule has 0 unspecified atom stereocenters. The fourth-order valence-electron chi connectivity index (χ4n) is 1.01. The lowest BCUT2D eigenvalue weighted by Crippen LogP contribution is -2.07. The van der Waals surface area contributed by atoms with E-state index < -0.39 is 0 Å². The van der Waals surface area contributed by atoms with Crippen LogP contribution in [0.25, 0.3) is 11.5 Å². The van der Waals surface area contributed by atoms with Gasteiger partial charge in [0.25, 0.3) is 0 Å². The third-order valence-corrected chi connectivity index (χ3v) is 3.01. The van der Waals surface area contributed by atoms with Gasteiger partial charge in [-0.25, -0.2) is 4.98 Å². The molecule has 0 saturated carbocycles. The van der Waals surface area contributed by atoms with E-state index in [-0.39, 0.29) is 0 Å². The Morgan fingerprint density at radius 2 is 2.33 bits per heavy atom. The Morgan fingerprint density at radius 3 is 3.00 bits per heavy atom. The van der Waals surface area contributed by atoms with Crippen molar-refractivity contribution in [2.24, 2.45) is 5.92 Å². The van der Waals surface area contributed by atoms with Gasteiger partial charge >= 0.3 is 0 Å². The molecule has 15 heavy (non-hydrogen) atoms. The Hall–Kier alpha value is -1.01. The van der Waals surface area contributed by atoms with Gasteiger partial charge in [-0.2, -0.15) is 9.36 Å². The van der Waals surface area contributed by atoms with Crippen LogP contribution >= 0.6 is 22.9 Å². The van der Waals surface area contributed by atoms with E-state index >= 15 is 0 Å². The number of nitrogens with one attached hydrogen (secondary N) is 1. The van der Waals surface area contributed by atoms with Gasteiger partial charge in [-0.1, -0.05) is 13.8 Å². The molecular formula is C9H12N4S2. The van der Waals surface area contributed by atoms with Crippen LogP contribution in [0.1, 0.15) is 13.8 Å². The summed E-state index contributed by atoms with van der Waals surface area (Å²) < 4.78 is 4.25. The quantitative estimate of drug-likeness (QED) is 0.892. The van der Waals surface area contributed by atoms with Crippen molar-refractivity contribution in [2.45, 2.75) is 13.8 Å². The van der Waals surface area contributed by atoms with Crippen molar-refractivity contribution in [1.29, 1.82) is 0 Å². The Morgan fingerprint density at radius 1 is 1.47 bits per heavy atom. The summed E-state index contributed by atoms with van der Waals surface area (Å²) in [6.45, 7) is 5.25. The number of nitrogens with zero attached hydrogens (tertiary/aromatic N) is 3. The molecule has 1 N–H and O–H groups in total. The van der Waals surface area contributed by atoms with Crippen LogP contribution in [0, 0.1) is 5.92 Å². The zero-order valence-electron chi connectivity index (χ0n) is 8.60. The first-order valence-electron chi connectivity index (χ1n) is 4.72. The molecule has 0 aliphatic rings. The maximum atomic E-state index is 4.37. The third-order valence-electron chi connectivity index (χ3n) is 1.75. The number of hydrogen-bond acceptors (Lipinski definition) is 6. The molecule has 0 aromatic carbocycles. The van der Waals surface area contributed by atoms with Crippen molar-refractivity contribution in [3.63, 3.8) is 0 Å². The van der Waals surface area contributed by atoms with E-state index in [2.05, 4.69) is 33.5 Å². The van der Waals surface area contributed by atoms with Gasteiger partial charge in [0.1, 0.15) is 5.69 Å². The van der Waals surface area contributed by atoms with Crippen molar-refractivity contribution >= 4 is 28.0 Å². The van der Waals surface area contributed by atoms with Crippen LogP contribution in [-0.2, 0) is 0 Å². The minimum Gasteiger partial charge on any atom is -0.360 e. The highest BCUT2D eigenvalue weighted by Gasteiger charge is 2.07. The molecule has 0 aliphatic carbocycles. The number of aromatic nitrogens is 3. The highest BCUT2D eigenvalue weighted by molar-refractivity contribution is 7.10. The van der Waals surface area contributed by atoms with E-state index in [1.807, 2.05) is 5.38 Å². The van der Waals surface area contributed by atoms with E-state index in [0.29, 0.717) is 11.7 Å². The largest absolute Gasteiger partial charge is 0.360 e. The average molecular weight is 240 g/mol. The van der Waals surface area contributed by atoms with E-state index in [0.717, 1.165) is 17.4 Å². The number of hydrogen-bond donors (Lipinski definition) is 1. The van der Waals surface area contributed by atoms with Crippen LogP contribution in [0.15, 0.2) is 10.9 Å². The summed E-state index contributed by atoms with van der Waals surface area (Å²) in [5.74, 6) is 1.32. The molecule has 6 heteroatoms. The monoisotopic (exact) mass is 240 g/mol. The molecule has 0 bridgehead atoms. The van der Waals surface area contributed by atoms with Crippen LogP contribution in [0.5, 0.6) is 0 Å². The van der Waals surface area contributed by atoms with Crippen molar-refractivity contribution in [1.82, 2.24) is 14.3 Å². The first-order chi connectivity index (χ1) is 7.25. The van der Waals surface area contributed by atoms with Crippen LogP contribution in [0.4, 0.5) is 5.13 Å². The highest BCUT2D eigenvalue weighted by Crippen LogP contribution is 2.20. The number of rotatable bonds is 4. The van der Waals surface area contributed by atoms with E-state index in [1.54, 1.807) is 16.8 Å². The van der Waals surface area contributed by atoms with Gasteiger partial charge in [0.05, 0.1) is 5.51 Å². The third kappa shape index (κ3) is 2.73. The smallest absolute Gasteiger partial charge is 0.202 e. The number of anilines is 1. The van der Waals surface area contributed by atoms with Crippen molar-refractivity contribution in [2.75, 3.05) is 11.9 Å². The molecular weight excluding hydrogens is 228 g/mol. The standard InChI is InChI=1S/C9H12N4S2/c1-6(2)3-10-9-12-8(13-15-9)7-4-14-5-11-7/h4-6H,3H2,1-2H3,(H,10,12,13). The highest BCUT2D eigenvalue weighted by atomic mass is 32.1. The molecule has 0 fully saturated rings. The molecule has 80 valence electrons. The summed E-state index contributed by atoms with van der Waals surface area (Å²) in [7, 11) is 0. The van der Waals surface area contributed by atoms with E-state index in [1.165, 1.54) is 11.5 Å². The SMILES string of the molecule is CC(C)CNc1nc(-c2cscn2)ns1. The van der Waals surface area contributed by atoms with Crippen molar-refractivity contribution in [3.8, 4) is 11.5 Å². The summed E-state index contributed by atoms with van der Waals surface area (Å²) in [6.07, 6.45) is 0. The van der Waals surface area contributed by atoms with Crippen LogP contribution in [0.3, 0.4) is 0 Å². The minimum absolute atomic E-state index is 0.608. The molecule has 2 rings (SSSR count). The number of thiazole rings is 1. The maximum absolute atomic E-state index is 4.37. The first-order valence-corrected chi connectivity index (χ1v) is 6.43. The van der Waals surface area contributed by atoms with E-state index in [4.69, 9.17) is 0 Å². The van der Waals surface area contributed by atoms with Gasteiger partial charge in [0.15, 0.2) is 5.82 Å². The van der Waals surface area contributed by atoms with Crippen LogP contribution < -0.4 is 5.32 Å². The Bertz CT molecular complexity index is 407. The van der Waals surface area contributed by atoms with Gasteiger partial charge < -0.3 is 5.32 Å². The molecule has 4 nitrogen and oxygen atoms in total. The molecule has 0 saturated heterocycles. The topological polar surface area (TPSA) is 50.7 Å². The second kappa shape index (κ2) is 4.67. The lowest BCUT2D eigenvalue weighted by molar-refractivity contribution is 0.688. The Labute approximate surface area is 96.6 Å². The van der Waals surface area contributed by atoms with E-state index in [9.17, 15) is 0 Å². The van der Waals surface area contributed by atoms with Crippen LogP contribution in [-0.4, -0.2) is 20.9 Å². The summed E-state index contributed by atoms with van der Waals surface area (Å²) in [4.78, 5) is 8.53. The Kier molecular flexibility index (Phi) is 3.27. The summed E-state index contributed by atoms with van der Waals surface area (Å²) in [6, 6.07) is 0. The summed E-state index contributed by atoms with van der Waals surface area (Å²) >= 11 is 2.94. The Balaban J connectivity index is 2.04. The van der Waals surface area contributed by atoms with Gasteiger partial charge in [0.2, 0.25) is 5.13 Å². The molecule has 2 aromatic heterocycles. The molecule has 0 spiro atoms. The average Bonchev–Trinajstić information content (AvgIpc) is 2.85. The van der Waals surface area contributed by atoms with Crippen molar-refractivity contribution < 1.29 is 0 Å².